The molecule has 19 heavy (non-hydrogen) atoms. The number of alkyl halides is 1. The predicted octanol–water partition coefficient (Wildman–Crippen LogP) is 1.32. The lowest BCUT2D eigenvalue weighted by molar-refractivity contribution is -0.0972. The highest BCUT2D eigenvalue weighted by atomic mass is 19.1. The van der Waals surface area contributed by atoms with Crippen LogP contribution in [-0.4, -0.2) is 61.2 Å². The number of rotatable bonds is 2. The minimum Gasteiger partial charge on any atom is -0.444 e. The highest BCUT2D eigenvalue weighted by Gasteiger charge is 2.36. The molecule has 0 aliphatic carbocycles. The first-order valence-electron chi connectivity index (χ1n) is 6.83. The van der Waals surface area contributed by atoms with Gasteiger partial charge in [0.25, 0.3) is 0 Å². The van der Waals surface area contributed by atoms with E-state index < -0.39 is 24.0 Å². The molecule has 2 fully saturated rings. The summed E-state index contributed by atoms with van der Waals surface area (Å²) in [5.74, 6) is 0. The Morgan fingerprint density at radius 3 is 2.53 bits per heavy atom. The molecule has 0 bridgehead atoms. The number of carbonyl (C=O) groups excluding carboxylic acids is 1. The van der Waals surface area contributed by atoms with Gasteiger partial charge in [-0.1, -0.05) is 0 Å². The number of hydrogen-bond acceptors (Lipinski definition) is 4. The highest BCUT2D eigenvalue weighted by molar-refractivity contribution is 5.68. The normalized spacial score (nSPS) is 28.9. The Balaban J connectivity index is 1.80. The van der Waals surface area contributed by atoms with Crippen molar-refractivity contribution in [2.45, 2.75) is 51.2 Å². The van der Waals surface area contributed by atoms with Crippen molar-refractivity contribution in [2.75, 3.05) is 26.2 Å². The molecule has 2 atom stereocenters. The third kappa shape index (κ3) is 4.04. The topological polar surface area (TPSA) is 50.8 Å². The van der Waals surface area contributed by atoms with Crippen molar-refractivity contribution >= 4 is 6.09 Å². The maximum atomic E-state index is 14.0. The molecule has 6 heteroatoms. The number of likely N-dealkylation sites (tertiary alicyclic amines) is 1. The summed E-state index contributed by atoms with van der Waals surface area (Å²) in [6.45, 7) is 7.53. The van der Waals surface area contributed by atoms with Gasteiger partial charge in [-0.2, -0.15) is 0 Å². The zero-order valence-corrected chi connectivity index (χ0v) is 11.8. The van der Waals surface area contributed by atoms with Gasteiger partial charge in [-0.05, 0) is 27.2 Å². The summed E-state index contributed by atoms with van der Waals surface area (Å²) in [6, 6.07) is 0. The molecule has 2 aliphatic heterocycles. The van der Waals surface area contributed by atoms with E-state index in [0.29, 0.717) is 13.0 Å². The van der Waals surface area contributed by atoms with Gasteiger partial charge in [0.2, 0.25) is 0 Å². The van der Waals surface area contributed by atoms with Crippen molar-refractivity contribution < 1.29 is 18.7 Å². The van der Waals surface area contributed by atoms with E-state index in [1.807, 2.05) is 0 Å². The number of ether oxygens (including phenoxy) is 2. The fraction of sp³-hybridized carbons (Fsp3) is 0.923. The minimum absolute atomic E-state index is 0.0553. The third-order valence-corrected chi connectivity index (χ3v) is 3.24. The van der Waals surface area contributed by atoms with Gasteiger partial charge < -0.3 is 19.7 Å². The number of amides is 1. The van der Waals surface area contributed by atoms with Crippen molar-refractivity contribution in [1.29, 1.82) is 0 Å². The van der Waals surface area contributed by atoms with Gasteiger partial charge in [-0.15, -0.1) is 0 Å². The van der Waals surface area contributed by atoms with Crippen LogP contribution in [0.2, 0.25) is 0 Å². The Hall–Kier alpha value is -0.880. The van der Waals surface area contributed by atoms with Crippen LogP contribution in [0.25, 0.3) is 0 Å². The van der Waals surface area contributed by atoms with Crippen LogP contribution in [-0.2, 0) is 9.47 Å². The third-order valence-electron chi connectivity index (χ3n) is 3.24. The van der Waals surface area contributed by atoms with Crippen molar-refractivity contribution in [3.8, 4) is 0 Å². The van der Waals surface area contributed by atoms with Gasteiger partial charge >= 0.3 is 6.09 Å². The second-order valence-electron chi connectivity index (χ2n) is 6.19. The van der Waals surface area contributed by atoms with Crippen LogP contribution in [0.5, 0.6) is 0 Å². The summed E-state index contributed by atoms with van der Waals surface area (Å²) in [5, 5.41) is 3.09. The first kappa shape index (κ1) is 14.5. The Morgan fingerprint density at radius 2 is 2.05 bits per heavy atom. The van der Waals surface area contributed by atoms with Crippen molar-refractivity contribution in [2.24, 2.45) is 0 Å². The molecule has 1 amide bonds. The molecule has 0 aromatic heterocycles. The molecule has 0 spiro atoms. The van der Waals surface area contributed by atoms with Crippen LogP contribution >= 0.6 is 0 Å². The summed E-state index contributed by atoms with van der Waals surface area (Å²) in [6.07, 6.45) is -1.33. The van der Waals surface area contributed by atoms with Crippen LogP contribution in [0.4, 0.5) is 9.18 Å². The summed E-state index contributed by atoms with van der Waals surface area (Å²) in [5.41, 5.74) is -0.548. The van der Waals surface area contributed by atoms with Crippen molar-refractivity contribution in [3.63, 3.8) is 0 Å². The van der Waals surface area contributed by atoms with Crippen LogP contribution in [0.1, 0.15) is 27.2 Å². The van der Waals surface area contributed by atoms with E-state index >= 15 is 0 Å². The van der Waals surface area contributed by atoms with Crippen LogP contribution in [0, 0.1) is 0 Å². The molecule has 0 aromatic rings. The molecule has 1 unspecified atom stereocenters. The fourth-order valence-corrected chi connectivity index (χ4v) is 2.13. The maximum absolute atomic E-state index is 14.0. The average molecular weight is 274 g/mol. The van der Waals surface area contributed by atoms with E-state index in [9.17, 15) is 9.18 Å². The number of halogens is 1. The van der Waals surface area contributed by atoms with E-state index in [2.05, 4.69) is 5.32 Å². The highest BCUT2D eigenvalue weighted by Crippen LogP contribution is 2.21. The minimum atomic E-state index is -1.14. The summed E-state index contributed by atoms with van der Waals surface area (Å²) < 4.78 is 24.9. The Kier molecular flexibility index (Phi) is 4.30. The van der Waals surface area contributed by atoms with Crippen LogP contribution in [0.15, 0.2) is 0 Å². The number of nitrogens with one attached hydrogen (secondary N) is 1. The predicted molar refractivity (Wildman–Crippen MR) is 68.9 cm³/mol. The second-order valence-corrected chi connectivity index (χ2v) is 6.19. The standard InChI is InChI=1S/C13H23FN2O3/c1-13(2,3)19-12(17)16-5-4-11(10(14)8-16)18-9-6-15-7-9/h9-11,15H,4-8H2,1-3H3/t10-,11?/m0/s1. The molecule has 2 heterocycles. The van der Waals surface area contributed by atoms with Crippen molar-refractivity contribution in [1.82, 2.24) is 10.2 Å². The van der Waals surface area contributed by atoms with Gasteiger partial charge in [-0.25, -0.2) is 9.18 Å². The molecule has 5 nitrogen and oxygen atoms in total. The quantitative estimate of drug-likeness (QED) is 0.825. The number of piperidine rings is 1. The van der Waals surface area contributed by atoms with Gasteiger partial charge in [0.1, 0.15) is 11.8 Å². The monoisotopic (exact) mass is 274 g/mol. The molecular weight excluding hydrogens is 251 g/mol. The Bertz CT molecular complexity index is 328. The molecule has 0 saturated carbocycles. The Morgan fingerprint density at radius 1 is 1.37 bits per heavy atom. The smallest absolute Gasteiger partial charge is 0.410 e. The maximum Gasteiger partial charge on any atom is 0.410 e. The van der Waals surface area contributed by atoms with Crippen molar-refractivity contribution in [3.05, 3.63) is 0 Å². The lowest BCUT2D eigenvalue weighted by Crippen LogP contribution is -2.55. The molecule has 1 N–H and O–H groups in total. The van der Waals surface area contributed by atoms with E-state index in [1.165, 1.54) is 4.90 Å². The van der Waals surface area contributed by atoms with E-state index in [0.717, 1.165) is 13.1 Å². The lowest BCUT2D eigenvalue weighted by Gasteiger charge is -2.38. The van der Waals surface area contributed by atoms with Gasteiger partial charge in [0.15, 0.2) is 0 Å². The zero-order valence-electron chi connectivity index (χ0n) is 11.8. The summed E-state index contributed by atoms with van der Waals surface area (Å²) >= 11 is 0. The largest absolute Gasteiger partial charge is 0.444 e. The number of nitrogens with zero attached hydrogens (tertiary/aromatic N) is 1. The van der Waals surface area contributed by atoms with Crippen LogP contribution in [0.3, 0.4) is 0 Å². The number of hydrogen-bond donors (Lipinski definition) is 1. The van der Waals surface area contributed by atoms with Gasteiger partial charge in [0.05, 0.1) is 18.8 Å². The first-order chi connectivity index (χ1) is 8.85. The molecule has 2 aliphatic rings. The SMILES string of the molecule is CC(C)(C)OC(=O)N1CCC(OC2CNC2)[C@@H](F)C1. The molecule has 2 saturated heterocycles. The summed E-state index contributed by atoms with van der Waals surface area (Å²) in [4.78, 5) is 13.3. The molecule has 0 radical (unpaired) electrons. The molecule has 2 rings (SSSR count). The Labute approximate surface area is 113 Å². The van der Waals surface area contributed by atoms with E-state index in [4.69, 9.17) is 9.47 Å². The molecule has 0 aromatic carbocycles. The zero-order chi connectivity index (χ0) is 14.0. The van der Waals surface area contributed by atoms with Crippen LogP contribution < -0.4 is 5.32 Å². The molecule has 110 valence electrons. The van der Waals surface area contributed by atoms with Gasteiger partial charge in [-0.3, -0.25) is 0 Å². The fourth-order valence-electron chi connectivity index (χ4n) is 2.13. The van der Waals surface area contributed by atoms with Gasteiger partial charge in [0, 0.05) is 19.6 Å². The first-order valence-corrected chi connectivity index (χ1v) is 6.83. The summed E-state index contributed by atoms with van der Waals surface area (Å²) in [7, 11) is 0. The second kappa shape index (κ2) is 5.63. The number of carbonyl (C=O) groups is 1. The van der Waals surface area contributed by atoms with E-state index in [1.54, 1.807) is 20.8 Å². The average Bonchev–Trinajstić information content (AvgIpc) is 2.22. The van der Waals surface area contributed by atoms with E-state index in [-0.39, 0.29) is 12.6 Å². The lowest BCUT2D eigenvalue weighted by atomic mass is 10.1. The molecular formula is C13H23FN2O3.